The summed E-state index contributed by atoms with van der Waals surface area (Å²) in [5.74, 6) is 0.334. The van der Waals surface area contributed by atoms with Crippen molar-refractivity contribution >= 4 is 28.1 Å². The lowest BCUT2D eigenvalue weighted by Gasteiger charge is -2.14. The monoisotopic (exact) mass is 469 g/mol. The fraction of sp³-hybridized carbons (Fsp3) is 0.217. The standard InChI is InChI=1S/C23H24BrN3O3/c1-14-11-21(28)9-10-22(14)30-17(4)23(29)26-25-13-18-12-15(2)27(16(18)3)20-7-5-19(24)6-8-20/h5-13,17,28H,1-4H3,(H,26,29)/b25-13-/t17-/m0/s1. The molecule has 0 aliphatic heterocycles. The Balaban J connectivity index is 1.67. The van der Waals surface area contributed by atoms with Crippen molar-refractivity contribution in [2.24, 2.45) is 5.10 Å². The van der Waals surface area contributed by atoms with Gasteiger partial charge in [-0.25, -0.2) is 5.43 Å². The molecule has 0 saturated carbocycles. The van der Waals surface area contributed by atoms with Gasteiger partial charge in [-0.2, -0.15) is 5.10 Å². The molecule has 0 aliphatic rings. The zero-order chi connectivity index (χ0) is 21.8. The van der Waals surface area contributed by atoms with Gasteiger partial charge in [-0.3, -0.25) is 4.79 Å². The highest BCUT2D eigenvalue weighted by atomic mass is 79.9. The van der Waals surface area contributed by atoms with Crippen molar-refractivity contribution in [2.75, 3.05) is 0 Å². The molecular formula is C23H24BrN3O3. The van der Waals surface area contributed by atoms with Gasteiger partial charge in [-0.15, -0.1) is 0 Å². The minimum atomic E-state index is -0.736. The summed E-state index contributed by atoms with van der Waals surface area (Å²) in [6, 6.07) is 14.8. The van der Waals surface area contributed by atoms with Crippen molar-refractivity contribution in [3.05, 3.63) is 75.5 Å². The van der Waals surface area contributed by atoms with E-state index in [2.05, 4.69) is 31.0 Å². The second-order valence-electron chi connectivity index (χ2n) is 7.08. The zero-order valence-electron chi connectivity index (χ0n) is 17.3. The number of aromatic hydroxyl groups is 1. The third-order valence-electron chi connectivity index (χ3n) is 4.76. The van der Waals surface area contributed by atoms with E-state index in [1.807, 2.05) is 44.2 Å². The normalized spacial score (nSPS) is 12.2. The average molecular weight is 470 g/mol. The number of benzene rings is 2. The summed E-state index contributed by atoms with van der Waals surface area (Å²) in [5.41, 5.74) is 7.34. The number of phenolic OH excluding ortho intramolecular Hbond substituents is 1. The van der Waals surface area contributed by atoms with Crippen molar-refractivity contribution < 1.29 is 14.6 Å². The van der Waals surface area contributed by atoms with Gasteiger partial charge >= 0.3 is 0 Å². The molecule has 6 nitrogen and oxygen atoms in total. The van der Waals surface area contributed by atoms with Crippen LogP contribution in [0.2, 0.25) is 0 Å². The molecule has 1 heterocycles. The first kappa shape index (κ1) is 21.6. The van der Waals surface area contributed by atoms with E-state index < -0.39 is 6.10 Å². The molecule has 2 N–H and O–H groups in total. The molecule has 0 aliphatic carbocycles. The maximum absolute atomic E-state index is 12.3. The molecule has 1 amide bonds. The van der Waals surface area contributed by atoms with Crippen molar-refractivity contribution in [3.63, 3.8) is 0 Å². The number of amides is 1. The number of ether oxygens (including phenoxy) is 1. The molecule has 0 bridgehead atoms. The number of carbonyl (C=O) groups is 1. The Morgan fingerprint density at radius 2 is 1.87 bits per heavy atom. The van der Waals surface area contributed by atoms with E-state index in [1.165, 1.54) is 6.07 Å². The van der Waals surface area contributed by atoms with E-state index >= 15 is 0 Å². The highest BCUT2D eigenvalue weighted by molar-refractivity contribution is 9.10. The number of halogens is 1. The Morgan fingerprint density at radius 3 is 2.53 bits per heavy atom. The zero-order valence-corrected chi connectivity index (χ0v) is 18.9. The van der Waals surface area contributed by atoms with E-state index in [9.17, 15) is 9.90 Å². The fourth-order valence-electron chi connectivity index (χ4n) is 3.17. The van der Waals surface area contributed by atoms with Gasteiger partial charge in [0.25, 0.3) is 5.91 Å². The van der Waals surface area contributed by atoms with Crippen molar-refractivity contribution in [1.82, 2.24) is 9.99 Å². The van der Waals surface area contributed by atoms with Gasteiger partial charge in [0.1, 0.15) is 11.5 Å². The average Bonchev–Trinajstić information content (AvgIpc) is 2.98. The summed E-state index contributed by atoms with van der Waals surface area (Å²) in [4.78, 5) is 12.3. The number of hydrogen-bond donors (Lipinski definition) is 2. The number of nitrogens with zero attached hydrogens (tertiary/aromatic N) is 2. The van der Waals surface area contributed by atoms with Crippen molar-refractivity contribution in [3.8, 4) is 17.2 Å². The molecule has 0 radical (unpaired) electrons. The van der Waals surface area contributed by atoms with Crippen LogP contribution in [0.25, 0.3) is 5.69 Å². The van der Waals surface area contributed by atoms with Gasteiger partial charge in [0.05, 0.1) is 6.21 Å². The first-order chi connectivity index (χ1) is 14.3. The lowest BCUT2D eigenvalue weighted by atomic mass is 10.2. The highest BCUT2D eigenvalue weighted by Crippen LogP contribution is 2.24. The van der Waals surface area contributed by atoms with Crippen LogP contribution in [-0.4, -0.2) is 27.9 Å². The molecule has 1 aromatic heterocycles. The number of carbonyl (C=O) groups excluding carboxylic acids is 1. The van der Waals surface area contributed by atoms with Gasteiger partial charge in [0.2, 0.25) is 0 Å². The molecule has 3 rings (SSSR count). The Morgan fingerprint density at radius 1 is 1.17 bits per heavy atom. The number of hydrogen-bond acceptors (Lipinski definition) is 4. The third kappa shape index (κ3) is 4.91. The first-order valence-electron chi connectivity index (χ1n) is 9.50. The quantitative estimate of drug-likeness (QED) is 0.402. The van der Waals surface area contributed by atoms with Gasteiger partial charge in [-0.05, 0) is 81.8 Å². The summed E-state index contributed by atoms with van der Waals surface area (Å²) in [6.45, 7) is 7.49. The Kier molecular flexibility index (Phi) is 6.62. The predicted octanol–water partition coefficient (Wildman–Crippen LogP) is 4.79. The fourth-order valence-corrected chi connectivity index (χ4v) is 3.44. The maximum atomic E-state index is 12.3. The molecule has 30 heavy (non-hydrogen) atoms. The lowest BCUT2D eigenvalue weighted by Crippen LogP contribution is -2.33. The minimum absolute atomic E-state index is 0.155. The van der Waals surface area contributed by atoms with Crippen molar-refractivity contribution in [1.29, 1.82) is 0 Å². The van der Waals surface area contributed by atoms with Crippen molar-refractivity contribution in [2.45, 2.75) is 33.8 Å². The van der Waals surface area contributed by atoms with E-state index in [0.29, 0.717) is 5.75 Å². The highest BCUT2D eigenvalue weighted by Gasteiger charge is 2.15. The molecule has 1 atom stereocenters. The topological polar surface area (TPSA) is 75.8 Å². The van der Waals surface area contributed by atoms with E-state index in [1.54, 1.807) is 32.2 Å². The third-order valence-corrected chi connectivity index (χ3v) is 5.29. The van der Waals surface area contributed by atoms with Crippen LogP contribution >= 0.6 is 15.9 Å². The number of phenols is 1. The predicted molar refractivity (Wildman–Crippen MR) is 122 cm³/mol. The van der Waals surface area contributed by atoms with Gasteiger partial charge in [0, 0.05) is 27.1 Å². The molecule has 156 valence electrons. The number of rotatable bonds is 6. The largest absolute Gasteiger partial charge is 0.508 e. The second-order valence-corrected chi connectivity index (χ2v) is 8.00. The maximum Gasteiger partial charge on any atom is 0.280 e. The SMILES string of the molecule is Cc1cc(O)ccc1O[C@@H](C)C(=O)N/N=C\c1cc(C)n(-c2ccc(Br)cc2)c1C. The van der Waals surface area contributed by atoms with Gasteiger partial charge in [0.15, 0.2) is 6.10 Å². The van der Waals surface area contributed by atoms with E-state index in [-0.39, 0.29) is 11.7 Å². The number of nitrogens with one attached hydrogen (secondary N) is 1. The molecule has 0 saturated heterocycles. The van der Waals surface area contributed by atoms with Crippen LogP contribution in [-0.2, 0) is 4.79 Å². The molecule has 3 aromatic rings. The molecule has 2 aromatic carbocycles. The Labute approximate surface area is 184 Å². The van der Waals surface area contributed by atoms with Gasteiger partial charge in [-0.1, -0.05) is 15.9 Å². The van der Waals surface area contributed by atoms with Crippen LogP contribution in [0.4, 0.5) is 0 Å². The summed E-state index contributed by atoms with van der Waals surface area (Å²) in [7, 11) is 0. The molecule has 7 heteroatoms. The summed E-state index contributed by atoms with van der Waals surface area (Å²) >= 11 is 3.46. The van der Waals surface area contributed by atoms with E-state index in [0.717, 1.165) is 32.7 Å². The van der Waals surface area contributed by atoms with Crippen LogP contribution in [0, 0.1) is 20.8 Å². The first-order valence-corrected chi connectivity index (χ1v) is 10.3. The lowest BCUT2D eigenvalue weighted by molar-refractivity contribution is -0.127. The summed E-state index contributed by atoms with van der Waals surface area (Å²) in [6.07, 6.45) is 0.897. The molecule has 0 fully saturated rings. The smallest absolute Gasteiger partial charge is 0.280 e. The second kappa shape index (κ2) is 9.17. The number of aromatic nitrogens is 1. The van der Waals surface area contributed by atoms with Crippen LogP contribution in [0.3, 0.4) is 0 Å². The van der Waals surface area contributed by atoms with E-state index in [4.69, 9.17) is 4.74 Å². The molecular weight excluding hydrogens is 446 g/mol. The number of aryl methyl sites for hydroxylation is 2. The van der Waals surface area contributed by atoms with Gasteiger partial charge < -0.3 is 14.4 Å². The molecule has 0 spiro atoms. The Hall–Kier alpha value is -3.06. The number of hydrazone groups is 1. The summed E-state index contributed by atoms with van der Waals surface area (Å²) in [5, 5.41) is 13.6. The van der Waals surface area contributed by atoms with Crippen LogP contribution in [0.1, 0.15) is 29.4 Å². The van der Waals surface area contributed by atoms with Crippen LogP contribution in [0.5, 0.6) is 11.5 Å². The Bertz CT molecular complexity index is 1090. The summed E-state index contributed by atoms with van der Waals surface area (Å²) < 4.78 is 8.83. The molecule has 0 unspecified atom stereocenters. The van der Waals surface area contributed by atoms with Crippen LogP contribution < -0.4 is 10.2 Å². The minimum Gasteiger partial charge on any atom is -0.508 e. The van der Waals surface area contributed by atoms with Crippen LogP contribution in [0.15, 0.2) is 58.1 Å².